The van der Waals surface area contributed by atoms with E-state index in [2.05, 4.69) is 22.3 Å². The van der Waals surface area contributed by atoms with Gasteiger partial charge in [0.2, 0.25) is 5.91 Å². The number of carbonyl (C=O) groups excluding carboxylic acids is 1. The van der Waals surface area contributed by atoms with Crippen LogP contribution in [-0.2, 0) is 4.79 Å². The number of nitrogens with one attached hydrogen (secondary N) is 1. The first-order chi connectivity index (χ1) is 10.1. The number of amides is 1. The second kappa shape index (κ2) is 8.18. The van der Waals surface area contributed by atoms with Crippen LogP contribution in [0.3, 0.4) is 0 Å². The molecule has 1 aromatic rings. The summed E-state index contributed by atoms with van der Waals surface area (Å²) in [5.41, 5.74) is 1.18. The van der Waals surface area contributed by atoms with Crippen molar-refractivity contribution in [3.05, 3.63) is 35.9 Å². The zero-order valence-corrected chi connectivity index (χ0v) is 13.3. The molecule has 0 bridgehead atoms. The predicted octanol–water partition coefficient (Wildman–Crippen LogP) is 3.38. The molecule has 2 rings (SSSR count). The number of nitrogens with zero attached hydrogens (tertiary/aromatic N) is 1. The van der Waals surface area contributed by atoms with Crippen molar-refractivity contribution in [2.24, 2.45) is 5.92 Å². The molecule has 1 fully saturated rings. The molecule has 3 heteroatoms. The summed E-state index contributed by atoms with van der Waals surface area (Å²) in [6, 6.07) is 10.3. The zero-order valence-electron chi connectivity index (χ0n) is 13.3. The minimum Gasteiger partial charge on any atom is -0.348 e. The van der Waals surface area contributed by atoms with Gasteiger partial charge in [0.25, 0.3) is 0 Å². The Bertz CT molecular complexity index is 424. The van der Waals surface area contributed by atoms with Crippen LogP contribution in [0.2, 0.25) is 0 Å². The fourth-order valence-electron chi connectivity index (χ4n) is 3.19. The summed E-state index contributed by atoms with van der Waals surface area (Å²) in [4.78, 5) is 14.4. The summed E-state index contributed by atoms with van der Waals surface area (Å²) in [5.74, 6) is 0.970. The van der Waals surface area contributed by atoms with E-state index in [0.717, 1.165) is 18.9 Å². The van der Waals surface area contributed by atoms with Gasteiger partial charge in [-0.1, -0.05) is 56.0 Å². The smallest absolute Gasteiger partial charge is 0.220 e. The molecule has 0 aromatic heterocycles. The van der Waals surface area contributed by atoms with Gasteiger partial charge in [0.05, 0.1) is 6.04 Å². The number of benzene rings is 1. The molecule has 1 atom stereocenters. The fourth-order valence-corrected chi connectivity index (χ4v) is 3.19. The Hall–Kier alpha value is -1.35. The molecule has 116 valence electrons. The molecule has 1 aromatic carbocycles. The topological polar surface area (TPSA) is 32.3 Å². The van der Waals surface area contributed by atoms with Crippen molar-refractivity contribution >= 4 is 5.91 Å². The maximum atomic E-state index is 12.2. The van der Waals surface area contributed by atoms with Crippen LogP contribution < -0.4 is 5.32 Å². The zero-order chi connectivity index (χ0) is 15.1. The van der Waals surface area contributed by atoms with Gasteiger partial charge in [-0.3, -0.25) is 4.79 Å². The molecule has 0 saturated heterocycles. The molecule has 1 N–H and O–H groups in total. The lowest BCUT2D eigenvalue weighted by Gasteiger charge is -2.23. The molecule has 1 aliphatic rings. The molecule has 1 unspecified atom stereocenters. The van der Waals surface area contributed by atoms with Crippen LogP contribution >= 0.6 is 0 Å². The molecule has 0 aliphatic heterocycles. The fraction of sp³-hybridized carbons (Fsp3) is 0.611. The van der Waals surface area contributed by atoms with Gasteiger partial charge in [-0.15, -0.1) is 0 Å². The van der Waals surface area contributed by atoms with Gasteiger partial charge in [0.1, 0.15) is 0 Å². The Morgan fingerprint density at radius 1 is 1.24 bits per heavy atom. The lowest BCUT2D eigenvalue weighted by atomic mass is 10.0. The summed E-state index contributed by atoms with van der Waals surface area (Å²) in [5, 5.41) is 3.21. The van der Waals surface area contributed by atoms with Crippen molar-refractivity contribution in [3.63, 3.8) is 0 Å². The molecule has 0 radical (unpaired) electrons. The third kappa shape index (κ3) is 5.50. The van der Waals surface area contributed by atoms with E-state index in [9.17, 15) is 4.79 Å². The van der Waals surface area contributed by atoms with E-state index in [1.54, 1.807) is 0 Å². The summed E-state index contributed by atoms with van der Waals surface area (Å²) in [6.45, 7) is 0.833. The van der Waals surface area contributed by atoms with Crippen LogP contribution in [0.15, 0.2) is 30.3 Å². The molecular formula is C18H28N2O. The minimum atomic E-state index is 0.0808. The van der Waals surface area contributed by atoms with Gasteiger partial charge < -0.3 is 10.2 Å². The third-order valence-corrected chi connectivity index (χ3v) is 4.34. The number of rotatable bonds is 7. The van der Waals surface area contributed by atoms with Gasteiger partial charge in [-0.05, 0) is 32.0 Å². The van der Waals surface area contributed by atoms with Crippen molar-refractivity contribution in [1.29, 1.82) is 0 Å². The maximum absolute atomic E-state index is 12.2. The number of hydrogen-bond acceptors (Lipinski definition) is 2. The average Bonchev–Trinajstić information content (AvgIpc) is 2.98. The minimum absolute atomic E-state index is 0.0808. The van der Waals surface area contributed by atoms with Gasteiger partial charge in [-0.2, -0.15) is 0 Å². The quantitative estimate of drug-likeness (QED) is 0.834. The summed E-state index contributed by atoms with van der Waals surface area (Å²) >= 11 is 0. The lowest BCUT2D eigenvalue weighted by molar-refractivity contribution is -0.122. The van der Waals surface area contributed by atoms with E-state index < -0.39 is 0 Å². The van der Waals surface area contributed by atoms with Crippen LogP contribution in [-0.4, -0.2) is 31.4 Å². The Labute approximate surface area is 128 Å². The van der Waals surface area contributed by atoms with Gasteiger partial charge in [0.15, 0.2) is 0 Å². The molecular weight excluding hydrogens is 260 g/mol. The van der Waals surface area contributed by atoms with E-state index in [4.69, 9.17) is 0 Å². The Morgan fingerprint density at radius 2 is 1.90 bits per heavy atom. The molecule has 0 spiro atoms. The summed E-state index contributed by atoms with van der Waals surface area (Å²) in [6.07, 6.45) is 7.04. The third-order valence-electron chi connectivity index (χ3n) is 4.34. The van der Waals surface area contributed by atoms with Crippen molar-refractivity contribution in [1.82, 2.24) is 10.2 Å². The SMILES string of the molecule is CN(C)CC(NC(=O)CCC1CCCC1)c1ccccc1. The van der Waals surface area contributed by atoms with E-state index in [-0.39, 0.29) is 11.9 Å². The standard InChI is InChI=1S/C18H28N2O/c1-20(2)14-17(16-10-4-3-5-11-16)19-18(21)13-12-15-8-6-7-9-15/h3-5,10-11,15,17H,6-9,12-14H2,1-2H3,(H,19,21). The van der Waals surface area contributed by atoms with E-state index >= 15 is 0 Å². The first-order valence-corrected chi connectivity index (χ1v) is 8.14. The van der Waals surface area contributed by atoms with Gasteiger partial charge in [-0.25, -0.2) is 0 Å². The Morgan fingerprint density at radius 3 is 2.52 bits per heavy atom. The number of hydrogen-bond donors (Lipinski definition) is 1. The van der Waals surface area contributed by atoms with Crippen molar-refractivity contribution in [2.75, 3.05) is 20.6 Å². The Balaban J connectivity index is 1.86. The molecule has 1 saturated carbocycles. The van der Waals surface area contributed by atoms with E-state index in [1.807, 2.05) is 32.3 Å². The highest BCUT2D eigenvalue weighted by Crippen LogP contribution is 2.28. The van der Waals surface area contributed by atoms with Crippen LogP contribution in [0.4, 0.5) is 0 Å². The van der Waals surface area contributed by atoms with Crippen molar-refractivity contribution < 1.29 is 4.79 Å². The van der Waals surface area contributed by atoms with Crippen LogP contribution in [0.1, 0.15) is 50.1 Å². The Kier molecular flexibility index (Phi) is 6.24. The summed E-state index contributed by atoms with van der Waals surface area (Å²) < 4.78 is 0. The lowest BCUT2D eigenvalue weighted by Crippen LogP contribution is -2.35. The van der Waals surface area contributed by atoms with Gasteiger partial charge in [0, 0.05) is 13.0 Å². The van der Waals surface area contributed by atoms with Crippen LogP contribution in [0.5, 0.6) is 0 Å². The molecule has 3 nitrogen and oxygen atoms in total. The highest BCUT2D eigenvalue weighted by atomic mass is 16.1. The molecule has 1 aliphatic carbocycles. The monoisotopic (exact) mass is 288 g/mol. The molecule has 1 amide bonds. The van der Waals surface area contributed by atoms with Gasteiger partial charge >= 0.3 is 0 Å². The normalized spacial score (nSPS) is 17.1. The van der Waals surface area contributed by atoms with Crippen molar-refractivity contribution in [2.45, 2.75) is 44.6 Å². The predicted molar refractivity (Wildman–Crippen MR) is 87.1 cm³/mol. The largest absolute Gasteiger partial charge is 0.348 e. The number of carbonyl (C=O) groups is 1. The first-order valence-electron chi connectivity index (χ1n) is 8.14. The summed E-state index contributed by atoms with van der Waals surface area (Å²) in [7, 11) is 4.08. The highest BCUT2D eigenvalue weighted by Gasteiger charge is 2.18. The second-order valence-electron chi connectivity index (χ2n) is 6.48. The van der Waals surface area contributed by atoms with Crippen molar-refractivity contribution in [3.8, 4) is 0 Å². The average molecular weight is 288 g/mol. The van der Waals surface area contributed by atoms with Crippen LogP contribution in [0, 0.1) is 5.92 Å². The van der Waals surface area contributed by atoms with E-state index in [1.165, 1.54) is 31.2 Å². The molecule has 0 heterocycles. The van der Waals surface area contributed by atoms with Crippen LogP contribution in [0.25, 0.3) is 0 Å². The molecule has 21 heavy (non-hydrogen) atoms. The second-order valence-corrected chi connectivity index (χ2v) is 6.48. The highest BCUT2D eigenvalue weighted by molar-refractivity contribution is 5.76. The maximum Gasteiger partial charge on any atom is 0.220 e. The van der Waals surface area contributed by atoms with E-state index in [0.29, 0.717) is 6.42 Å². The number of likely N-dealkylation sites (N-methyl/N-ethyl adjacent to an activating group) is 1. The first kappa shape index (κ1) is 16.0.